The number of fused-ring (bicyclic) bond motifs is 13. The highest BCUT2D eigenvalue weighted by Gasteiger charge is 2.21. The molecule has 0 N–H and O–H groups in total. The molecule has 2 heterocycles. The highest BCUT2D eigenvalue weighted by molar-refractivity contribution is 6.26. The van der Waals surface area contributed by atoms with Gasteiger partial charge in [0.15, 0.2) is 0 Å². The highest BCUT2D eigenvalue weighted by Crippen LogP contribution is 2.46. The summed E-state index contributed by atoms with van der Waals surface area (Å²) in [5, 5.41) is 14.6. The van der Waals surface area contributed by atoms with Crippen molar-refractivity contribution in [2.24, 2.45) is 0 Å². The van der Waals surface area contributed by atoms with E-state index < -0.39 is 0 Å². The number of benzene rings is 12. The van der Waals surface area contributed by atoms with E-state index in [1.165, 1.54) is 76.0 Å². The van der Waals surface area contributed by atoms with Crippen LogP contribution in [-0.2, 0) is 0 Å². The van der Waals surface area contributed by atoms with E-state index >= 15 is 0 Å². The lowest BCUT2D eigenvalue weighted by atomic mass is 9.93. The molecule has 0 saturated heterocycles. The second-order valence-corrected chi connectivity index (χ2v) is 17.6. The lowest BCUT2D eigenvalue weighted by Crippen LogP contribution is -2.10. The molecule has 14 rings (SSSR count). The minimum atomic E-state index is 0.901. The number of hydrogen-bond donors (Lipinski definition) is 0. The van der Waals surface area contributed by atoms with Crippen LogP contribution in [0.1, 0.15) is 0 Å². The van der Waals surface area contributed by atoms with Gasteiger partial charge >= 0.3 is 0 Å². The first kappa shape index (κ1) is 37.5. The molecule has 0 fully saturated rings. The zero-order chi connectivity index (χ0) is 44.0. The molecule has 3 heteroatoms. The van der Waals surface area contributed by atoms with Crippen LogP contribution in [0.5, 0.6) is 0 Å². The molecule has 12 aromatic carbocycles. The molecule has 0 aliphatic carbocycles. The molecule has 0 aliphatic heterocycles. The van der Waals surface area contributed by atoms with Crippen molar-refractivity contribution in [3.63, 3.8) is 0 Å². The van der Waals surface area contributed by atoms with Gasteiger partial charge in [-0.1, -0.05) is 176 Å². The molecule has 0 amide bonds. The fraction of sp³-hybridized carbons (Fsp3) is 0. The lowest BCUT2D eigenvalue weighted by Gasteiger charge is -2.28. The summed E-state index contributed by atoms with van der Waals surface area (Å²) in [7, 11) is 0. The first-order valence-electron chi connectivity index (χ1n) is 23.0. The van der Waals surface area contributed by atoms with E-state index in [-0.39, 0.29) is 0 Å². The molecule has 312 valence electrons. The van der Waals surface area contributed by atoms with E-state index in [1.54, 1.807) is 0 Å². The van der Waals surface area contributed by atoms with Crippen molar-refractivity contribution in [3.05, 3.63) is 243 Å². The summed E-state index contributed by atoms with van der Waals surface area (Å²) < 4.78 is 8.89. The van der Waals surface area contributed by atoms with Crippen molar-refractivity contribution in [2.45, 2.75) is 0 Å². The largest absolute Gasteiger partial charge is 0.455 e. The molecule has 2 aromatic heterocycles. The molecular formula is C64H40N2O. The van der Waals surface area contributed by atoms with Crippen LogP contribution in [0.15, 0.2) is 247 Å². The van der Waals surface area contributed by atoms with Crippen molar-refractivity contribution < 1.29 is 4.42 Å². The summed E-state index contributed by atoms with van der Waals surface area (Å²) in [5.41, 5.74) is 13.2. The first-order valence-corrected chi connectivity index (χ1v) is 23.0. The topological polar surface area (TPSA) is 21.3 Å². The van der Waals surface area contributed by atoms with Gasteiger partial charge in [-0.05, 0) is 121 Å². The van der Waals surface area contributed by atoms with Crippen LogP contribution in [0.4, 0.5) is 17.1 Å². The summed E-state index contributed by atoms with van der Waals surface area (Å²) in [5.74, 6) is 0. The predicted molar refractivity (Wildman–Crippen MR) is 284 cm³/mol. The van der Waals surface area contributed by atoms with Gasteiger partial charge in [0.25, 0.3) is 0 Å². The van der Waals surface area contributed by atoms with E-state index in [2.05, 4.69) is 240 Å². The minimum Gasteiger partial charge on any atom is -0.455 e. The molecule has 67 heavy (non-hydrogen) atoms. The third-order valence-corrected chi connectivity index (χ3v) is 14.0. The Morgan fingerprint density at radius 1 is 0.299 bits per heavy atom. The summed E-state index contributed by atoms with van der Waals surface area (Å²) in [4.78, 5) is 2.44. The number of rotatable bonds is 6. The standard InChI is InChI=1S/C64H40N2O/c1-2-15-43(16-3-1)66-60-27-12-10-23-55(60)59-39-42(31-37-62(59)66)46-36-38-61(54-22-9-8-17-48(46)54)65(45-34-35-53-51-20-5-4-18-49(51)50-19-6-7-21-52(50)58(53)40-45)44-32-29-41(30-33-44)47-25-14-26-57-56-24-11-13-28-63(56)67-64(47)57/h1-40H. The monoisotopic (exact) mass is 852 g/mol. The van der Waals surface area contributed by atoms with Gasteiger partial charge in [-0.15, -0.1) is 0 Å². The lowest BCUT2D eigenvalue weighted by molar-refractivity contribution is 0.670. The molecule has 0 saturated carbocycles. The quantitative estimate of drug-likeness (QED) is 0.155. The van der Waals surface area contributed by atoms with E-state index in [0.717, 1.165) is 55.8 Å². The van der Waals surface area contributed by atoms with Gasteiger partial charge in [-0.2, -0.15) is 0 Å². The Morgan fingerprint density at radius 2 is 0.866 bits per heavy atom. The van der Waals surface area contributed by atoms with Crippen LogP contribution >= 0.6 is 0 Å². The highest BCUT2D eigenvalue weighted by atomic mass is 16.3. The zero-order valence-corrected chi connectivity index (χ0v) is 36.4. The smallest absolute Gasteiger partial charge is 0.143 e. The molecular weight excluding hydrogens is 813 g/mol. The summed E-state index contributed by atoms with van der Waals surface area (Å²) in [6.07, 6.45) is 0. The Balaban J connectivity index is 0.970. The van der Waals surface area contributed by atoms with Crippen LogP contribution in [0, 0.1) is 0 Å². The number of para-hydroxylation sites is 4. The van der Waals surface area contributed by atoms with E-state index in [0.29, 0.717) is 0 Å². The maximum Gasteiger partial charge on any atom is 0.143 e. The molecule has 0 aliphatic rings. The van der Waals surface area contributed by atoms with Crippen molar-refractivity contribution in [3.8, 4) is 27.9 Å². The van der Waals surface area contributed by atoms with Crippen LogP contribution < -0.4 is 4.90 Å². The molecule has 0 atom stereocenters. The molecule has 0 unspecified atom stereocenters. The first-order chi connectivity index (χ1) is 33.2. The van der Waals surface area contributed by atoms with E-state index in [9.17, 15) is 0 Å². The fourth-order valence-electron chi connectivity index (χ4n) is 11.0. The Kier molecular flexibility index (Phi) is 8.28. The second-order valence-electron chi connectivity index (χ2n) is 17.6. The number of nitrogens with zero attached hydrogens (tertiary/aromatic N) is 2. The molecule has 0 spiro atoms. The van der Waals surface area contributed by atoms with Crippen molar-refractivity contribution >= 4 is 104 Å². The van der Waals surface area contributed by atoms with Crippen LogP contribution in [0.25, 0.3) is 115 Å². The van der Waals surface area contributed by atoms with Crippen molar-refractivity contribution in [2.75, 3.05) is 4.90 Å². The molecule has 0 radical (unpaired) electrons. The third-order valence-electron chi connectivity index (χ3n) is 14.0. The van der Waals surface area contributed by atoms with Gasteiger partial charge in [0.05, 0.1) is 16.7 Å². The van der Waals surface area contributed by atoms with Gasteiger partial charge in [-0.25, -0.2) is 0 Å². The van der Waals surface area contributed by atoms with Gasteiger partial charge in [0, 0.05) is 49.6 Å². The zero-order valence-electron chi connectivity index (χ0n) is 36.4. The predicted octanol–water partition coefficient (Wildman–Crippen LogP) is 18.1. The number of anilines is 3. The average Bonchev–Trinajstić information content (AvgIpc) is 3.95. The second kappa shape index (κ2) is 14.8. The van der Waals surface area contributed by atoms with Gasteiger partial charge in [0.2, 0.25) is 0 Å². The Hall–Kier alpha value is -8.92. The van der Waals surface area contributed by atoms with Gasteiger partial charge in [0.1, 0.15) is 11.2 Å². The Bertz CT molecular complexity index is 4240. The van der Waals surface area contributed by atoms with Crippen LogP contribution in [0.2, 0.25) is 0 Å². The Labute approximate surface area is 386 Å². The number of furan rings is 1. The number of aromatic nitrogens is 1. The maximum absolute atomic E-state index is 6.51. The van der Waals surface area contributed by atoms with Crippen LogP contribution in [0.3, 0.4) is 0 Å². The SMILES string of the molecule is c1ccc(-n2c3ccccc3c3cc(-c4ccc(N(c5ccc(-c6cccc7c6oc6ccccc67)cc5)c5ccc6c7ccccc7c7ccccc7c6c5)c5ccccc45)ccc32)cc1. The third kappa shape index (κ3) is 5.78. The van der Waals surface area contributed by atoms with Gasteiger partial charge in [-0.3, -0.25) is 0 Å². The van der Waals surface area contributed by atoms with E-state index in [1.807, 2.05) is 12.1 Å². The summed E-state index contributed by atoms with van der Waals surface area (Å²) in [6.45, 7) is 0. The van der Waals surface area contributed by atoms with Crippen molar-refractivity contribution in [1.82, 2.24) is 4.57 Å². The Morgan fingerprint density at radius 3 is 1.63 bits per heavy atom. The molecule has 3 nitrogen and oxygen atoms in total. The molecule has 14 aromatic rings. The summed E-state index contributed by atoms with van der Waals surface area (Å²) in [6, 6.07) is 88.3. The van der Waals surface area contributed by atoms with Gasteiger partial charge < -0.3 is 13.9 Å². The van der Waals surface area contributed by atoms with E-state index in [4.69, 9.17) is 4.42 Å². The van der Waals surface area contributed by atoms with Crippen molar-refractivity contribution in [1.29, 1.82) is 0 Å². The van der Waals surface area contributed by atoms with Crippen LogP contribution in [-0.4, -0.2) is 4.57 Å². The maximum atomic E-state index is 6.51. The number of hydrogen-bond acceptors (Lipinski definition) is 2. The summed E-state index contributed by atoms with van der Waals surface area (Å²) >= 11 is 0. The fourth-order valence-corrected chi connectivity index (χ4v) is 11.0. The average molecular weight is 853 g/mol. The normalized spacial score (nSPS) is 11.9. The minimum absolute atomic E-state index is 0.901. The molecule has 0 bridgehead atoms.